The number of rotatable bonds is 13. The predicted octanol–water partition coefficient (Wildman–Crippen LogP) is 4.97. The van der Waals surface area contributed by atoms with Crippen LogP contribution in [-0.4, -0.2) is 74.9 Å². The lowest BCUT2D eigenvalue weighted by molar-refractivity contribution is -0.142. The monoisotopic (exact) mass is 681 g/mol. The molecule has 0 aliphatic carbocycles. The highest BCUT2D eigenvalue weighted by Crippen LogP contribution is 2.37. The zero-order valence-electron chi connectivity index (χ0n) is 27.7. The Bertz CT molecular complexity index is 1680. The number of aliphatic hydroxyl groups is 1. The number of aliphatic hydroxyl groups excluding tert-OH is 1. The lowest BCUT2D eigenvalue weighted by atomic mass is 9.90. The second kappa shape index (κ2) is 17.9. The standard InChI is InChI=1S/C27H33F3N4O2.C9H9NO3/c1-27(2,3)26(33(25(36)17-35)12-11-20(31)15-28)34-16-23(21-14-19(29)9-10-22(21)30)32-24(34)13-18-7-5-4-6-8-18;11-8(12)6-10-9(13)7-4-2-1-3-5-7/h4-10,14,16,20,26,35H,11-13,15,17,31H2,1-3H3;1-5H,6H2,(H,10,13)(H,11,12)/t20-,26-;/m0./s1. The van der Waals surface area contributed by atoms with Crippen molar-refractivity contribution in [3.63, 3.8) is 0 Å². The zero-order valence-corrected chi connectivity index (χ0v) is 27.7. The van der Waals surface area contributed by atoms with E-state index in [9.17, 15) is 32.7 Å². The molecule has 4 rings (SSSR count). The number of hydrogen-bond acceptors (Lipinski definition) is 6. The fraction of sp³-hybridized carbons (Fsp3) is 0.333. The Morgan fingerprint density at radius 1 is 1.00 bits per heavy atom. The van der Waals surface area contributed by atoms with Gasteiger partial charge in [0.25, 0.3) is 5.91 Å². The second-order valence-electron chi connectivity index (χ2n) is 12.4. The number of aromatic nitrogens is 2. The van der Waals surface area contributed by atoms with Gasteiger partial charge in [-0.1, -0.05) is 69.3 Å². The SMILES string of the molecule is CC(C)(C)[C@@H](N(CC[C@H](N)CF)C(=O)CO)n1cc(-c2cc(F)ccc2F)nc1Cc1ccccc1.O=C(O)CNC(=O)c1ccccc1. The molecule has 5 N–H and O–H groups in total. The summed E-state index contributed by atoms with van der Waals surface area (Å²) < 4.78 is 43.5. The van der Waals surface area contributed by atoms with Crippen molar-refractivity contribution in [1.82, 2.24) is 19.8 Å². The summed E-state index contributed by atoms with van der Waals surface area (Å²) in [5, 5.41) is 20.3. The molecular formula is C36H42F3N5O5. The Kier molecular flexibility index (Phi) is 14.1. The molecule has 10 nitrogen and oxygen atoms in total. The van der Waals surface area contributed by atoms with E-state index >= 15 is 0 Å². The van der Waals surface area contributed by atoms with Gasteiger partial charge in [-0.2, -0.15) is 0 Å². The molecule has 1 aromatic heterocycles. The summed E-state index contributed by atoms with van der Waals surface area (Å²) in [5.41, 5.74) is 6.80. The van der Waals surface area contributed by atoms with Gasteiger partial charge in [0.05, 0.1) is 5.69 Å². The molecule has 49 heavy (non-hydrogen) atoms. The van der Waals surface area contributed by atoms with Crippen LogP contribution in [0.4, 0.5) is 13.2 Å². The third-order valence-corrected chi connectivity index (χ3v) is 7.38. The molecule has 0 radical (unpaired) electrons. The van der Waals surface area contributed by atoms with Gasteiger partial charge < -0.3 is 30.7 Å². The molecular weight excluding hydrogens is 639 g/mol. The maximum atomic E-state index is 14.7. The van der Waals surface area contributed by atoms with Gasteiger partial charge in [0.2, 0.25) is 5.91 Å². The van der Waals surface area contributed by atoms with Crippen LogP contribution in [0.2, 0.25) is 0 Å². The number of benzene rings is 3. The summed E-state index contributed by atoms with van der Waals surface area (Å²) >= 11 is 0. The summed E-state index contributed by atoms with van der Waals surface area (Å²) in [7, 11) is 0. The molecule has 0 unspecified atom stereocenters. The molecule has 2 amide bonds. The number of nitrogens with one attached hydrogen (secondary N) is 1. The van der Waals surface area contributed by atoms with Gasteiger partial charge in [-0.15, -0.1) is 0 Å². The molecule has 0 aliphatic heterocycles. The third-order valence-electron chi connectivity index (χ3n) is 7.38. The fourth-order valence-electron chi connectivity index (χ4n) is 5.12. The van der Waals surface area contributed by atoms with Gasteiger partial charge >= 0.3 is 5.97 Å². The number of amides is 2. The molecule has 0 fully saturated rings. The third kappa shape index (κ3) is 11.3. The Morgan fingerprint density at radius 3 is 2.20 bits per heavy atom. The van der Waals surface area contributed by atoms with E-state index in [0.29, 0.717) is 17.8 Å². The van der Waals surface area contributed by atoms with Crippen LogP contribution in [0, 0.1) is 17.0 Å². The number of nitrogens with two attached hydrogens (primary N) is 1. The molecule has 1 heterocycles. The average molecular weight is 682 g/mol. The zero-order chi connectivity index (χ0) is 36.1. The number of halogens is 3. The second-order valence-corrected chi connectivity index (χ2v) is 12.4. The smallest absolute Gasteiger partial charge is 0.322 e. The van der Waals surface area contributed by atoms with Crippen molar-refractivity contribution < 1.29 is 37.8 Å². The molecule has 0 saturated heterocycles. The lowest BCUT2D eigenvalue weighted by Crippen LogP contribution is -2.47. The highest BCUT2D eigenvalue weighted by molar-refractivity contribution is 5.95. The van der Waals surface area contributed by atoms with Crippen molar-refractivity contribution >= 4 is 17.8 Å². The molecule has 0 aliphatic rings. The van der Waals surface area contributed by atoms with Crippen LogP contribution in [0.25, 0.3) is 11.3 Å². The number of hydrogen-bond donors (Lipinski definition) is 4. The first-order valence-corrected chi connectivity index (χ1v) is 15.6. The van der Waals surface area contributed by atoms with Crippen molar-refractivity contribution in [1.29, 1.82) is 0 Å². The molecule has 0 bridgehead atoms. The Labute approximate surface area is 283 Å². The maximum Gasteiger partial charge on any atom is 0.322 e. The number of carboxylic acid groups (broad SMARTS) is 1. The number of nitrogens with zero attached hydrogens (tertiary/aromatic N) is 3. The number of carbonyl (C=O) groups is 3. The minimum Gasteiger partial charge on any atom is -0.480 e. The van der Waals surface area contributed by atoms with Crippen LogP contribution in [0.5, 0.6) is 0 Å². The molecule has 4 aromatic rings. The van der Waals surface area contributed by atoms with Gasteiger partial charge in [0.1, 0.15) is 43.5 Å². The Balaban J connectivity index is 0.000000419. The first kappa shape index (κ1) is 38.4. The van der Waals surface area contributed by atoms with Gasteiger partial charge in [-0.3, -0.25) is 14.4 Å². The summed E-state index contributed by atoms with van der Waals surface area (Å²) in [6.45, 7) is 4.00. The van der Waals surface area contributed by atoms with E-state index in [1.54, 1.807) is 41.1 Å². The normalized spacial score (nSPS) is 12.3. The van der Waals surface area contributed by atoms with Crippen LogP contribution in [0.15, 0.2) is 85.1 Å². The van der Waals surface area contributed by atoms with Crippen LogP contribution in [0.3, 0.4) is 0 Å². The van der Waals surface area contributed by atoms with E-state index in [4.69, 9.17) is 10.8 Å². The van der Waals surface area contributed by atoms with Crippen LogP contribution < -0.4 is 11.1 Å². The lowest BCUT2D eigenvalue weighted by Gasteiger charge is -2.41. The van der Waals surface area contributed by atoms with Gasteiger partial charge in [-0.05, 0) is 42.3 Å². The number of aliphatic carboxylic acids is 1. The molecule has 0 spiro atoms. The van der Waals surface area contributed by atoms with Gasteiger partial charge in [0, 0.05) is 41.7 Å². The van der Waals surface area contributed by atoms with Crippen molar-refractivity contribution in [2.45, 2.75) is 45.8 Å². The van der Waals surface area contributed by atoms with E-state index < -0.39 is 54.4 Å². The van der Waals surface area contributed by atoms with E-state index in [-0.39, 0.29) is 36.7 Å². The van der Waals surface area contributed by atoms with E-state index in [0.717, 1.165) is 23.8 Å². The maximum absolute atomic E-state index is 14.7. The summed E-state index contributed by atoms with van der Waals surface area (Å²) in [6, 6.07) is 20.4. The first-order valence-electron chi connectivity index (χ1n) is 15.6. The van der Waals surface area contributed by atoms with E-state index in [2.05, 4.69) is 10.3 Å². The molecule has 13 heteroatoms. The van der Waals surface area contributed by atoms with E-state index in [1.807, 2.05) is 51.1 Å². The summed E-state index contributed by atoms with van der Waals surface area (Å²) in [5.74, 6) is -2.69. The Morgan fingerprint density at radius 2 is 1.63 bits per heavy atom. The highest BCUT2D eigenvalue weighted by atomic mass is 19.1. The van der Waals surface area contributed by atoms with Gasteiger partial charge in [0.15, 0.2) is 0 Å². The minimum absolute atomic E-state index is 0.00444. The van der Waals surface area contributed by atoms with E-state index in [1.165, 1.54) is 4.90 Å². The number of carboxylic acids is 1. The summed E-state index contributed by atoms with van der Waals surface area (Å²) in [6.07, 6.45) is 1.46. The van der Waals surface area contributed by atoms with Crippen LogP contribution >= 0.6 is 0 Å². The minimum atomic E-state index is -1.05. The first-order chi connectivity index (χ1) is 23.2. The summed E-state index contributed by atoms with van der Waals surface area (Å²) in [4.78, 5) is 40.3. The molecule has 0 saturated carbocycles. The highest BCUT2D eigenvalue weighted by Gasteiger charge is 2.36. The van der Waals surface area contributed by atoms with Crippen molar-refractivity contribution in [3.8, 4) is 11.3 Å². The van der Waals surface area contributed by atoms with Crippen molar-refractivity contribution in [3.05, 3.63) is 114 Å². The van der Waals surface area contributed by atoms with Gasteiger partial charge in [-0.25, -0.2) is 18.2 Å². The van der Waals surface area contributed by atoms with Crippen molar-refractivity contribution in [2.24, 2.45) is 11.1 Å². The quantitative estimate of drug-likeness (QED) is 0.156. The van der Waals surface area contributed by atoms with Crippen molar-refractivity contribution in [2.75, 3.05) is 26.4 Å². The Hall–Kier alpha value is -5.01. The topological polar surface area (TPSA) is 151 Å². The molecule has 2 atom stereocenters. The molecule has 3 aromatic carbocycles. The fourth-order valence-corrected chi connectivity index (χ4v) is 5.12. The van der Waals surface area contributed by atoms with Crippen LogP contribution in [-0.2, 0) is 16.0 Å². The predicted molar refractivity (Wildman–Crippen MR) is 179 cm³/mol. The largest absolute Gasteiger partial charge is 0.480 e. The number of carbonyl (C=O) groups excluding carboxylic acids is 2. The number of imidazole rings is 1. The molecule has 262 valence electrons. The average Bonchev–Trinajstić information content (AvgIpc) is 3.48. The van der Waals surface area contributed by atoms with Crippen LogP contribution in [0.1, 0.15) is 55.1 Å². The number of alkyl halides is 1.